The van der Waals surface area contributed by atoms with Crippen LogP contribution >= 0.6 is 22.9 Å². The number of amides is 2. The van der Waals surface area contributed by atoms with Crippen LogP contribution in [0.25, 0.3) is 11.3 Å². The van der Waals surface area contributed by atoms with Gasteiger partial charge in [-0.2, -0.15) is 0 Å². The van der Waals surface area contributed by atoms with E-state index in [1.165, 1.54) is 4.90 Å². The van der Waals surface area contributed by atoms with Gasteiger partial charge in [-0.15, -0.1) is 11.3 Å². The standard InChI is InChI=1S/C25H26ClN3O4S/c1-14-18(26)6-5-7-19(14)28-24(30)15(2)29-21-12-17(8-9-22(21)33-16(3)25(29)31)20-13-34-23(27-20)10-11-32-4/h5-9,12-13,15-16H,10-11H2,1-4H3,(H,28,30). The number of halogens is 1. The van der Waals surface area contributed by atoms with Gasteiger partial charge in [-0.1, -0.05) is 17.7 Å². The minimum absolute atomic E-state index is 0.283. The van der Waals surface area contributed by atoms with Crippen molar-refractivity contribution in [2.24, 2.45) is 0 Å². The lowest BCUT2D eigenvalue weighted by Gasteiger charge is -2.36. The fraction of sp³-hybridized carbons (Fsp3) is 0.320. The summed E-state index contributed by atoms with van der Waals surface area (Å²) in [7, 11) is 1.66. The van der Waals surface area contributed by atoms with Gasteiger partial charge >= 0.3 is 0 Å². The lowest BCUT2D eigenvalue weighted by Crippen LogP contribution is -2.52. The molecule has 2 atom stereocenters. The van der Waals surface area contributed by atoms with Crippen molar-refractivity contribution in [3.8, 4) is 17.0 Å². The van der Waals surface area contributed by atoms with Crippen molar-refractivity contribution >= 4 is 46.1 Å². The van der Waals surface area contributed by atoms with Crippen LogP contribution in [0.2, 0.25) is 5.02 Å². The topological polar surface area (TPSA) is 80.8 Å². The number of nitrogens with one attached hydrogen (secondary N) is 1. The van der Waals surface area contributed by atoms with Crippen LogP contribution in [0.3, 0.4) is 0 Å². The van der Waals surface area contributed by atoms with Gasteiger partial charge in [-0.05, 0) is 56.7 Å². The summed E-state index contributed by atoms with van der Waals surface area (Å²) < 4.78 is 11.0. The van der Waals surface area contributed by atoms with Crippen molar-refractivity contribution in [3.63, 3.8) is 0 Å². The van der Waals surface area contributed by atoms with E-state index in [0.29, 0.717) is 28.8 Å². The van der Waals surface area contributed by atoms with Crippen LogP contribution in [0, 0.1) is 6.92 Å². The van der Waals surface area contributed by atoms with Gasteiger partial charge < -0.3 is 14.8 Å². The van der Waals surface area contributed by atoms with E-state index in [2.05, 4.69) is 10.3 Å². The predicted octanol–water partition coefficient (Wildman–Crippen LogP) is 5.10. The molecule has 7 nitrogen and oxygen atoms in total. The van der Waals surface area contributed by atoms with E-state index in [-0.39, 0.29) is 11.8 Å². The third kappa shape index (κ3) is 4.80. The fourth-order valence-electron chi connectivity index (χ4n) is 3.76. The van der Waals surface area contributed by atoms with Gasteiger partial charge in [0.1, 0.15) is 11.8 Å². The number of nitrogens with zero attached hydrogens (tertiary/aromatic N) is 2. The first-order valence-electron chi connectivity index (χ1n) is 10.9. The van der Waals surface area contributed by atoms with Crippen LogP contribution in [0.4, 0.5) is 11.4 Å². The maximum absolute atomic E-state index is 13.2. The van der Waals surface area contributed by atoms with Crippen molar-refractivity contribution in [2.75, 3.05) is 23.9 Å². The lowest BCUT2D eigenvalue weighted by molar-refractivity contribution is -0.128. The van der Waals surface area contributed by atoms with E-state index in [0.717, 1.165) is 28.2 Å². The molecule has 1 N–H and O–H groups in total. The number of hydrogen-bond donors (Lipinski definition) is 1. The average Bonchev–Trinajstić information content (AvgIpc) is 3.30. The number of methoxy groups -OCH3 is 1. The van der Waals surface area contributed by atoms with Gasteiger partial charge in [0.05, 0.1) is 23.0 Å². The smallest absolute Gasteiger partial charge is 0.268 e. The monoisotopic (exact) mass is 499 g/mol. The van der Waals surface area contributed by atoms with Crippen molar-refractivity contribution < 1.29 is 19.1 Å². The zero-order valence-electron chi connectivity index (χ0n) is 19.4. The number of aromatic nitrogens is 1. The molecule has 2 heterocycles. The molecule has 1 aliphatic rings. The van der Waals surface area contributed by atoms with Gasteiger partial charge in [0, 0.05) is 35.2 Å². The summed E-state index contributed by atoms with van der Waals surface area (Å²) in [5.74, 6) is -0.0573. The molecule has 178 valence electrons. The largest absolute Gasteiger partial charge is 0.479 e. The molecular weight excluding hydrogens is 474 g/mol. The number of benzene rings is 2. The summed E-state index contributed by atoms with van der Waals surface area (Å²) in [6.45, 7) is 5.82. The quantitative estimate of drug-likeness (QED) is 0.489. The van der Waals surface area contributed by atoms with Crippen LogP contribution in [-0.4, -0.2) is 42.7 Å². The Morgan fingerprint density at radius 1 is 1.35 bits per heavy atom. The first kappa shape index (κ1) is 24.2. The highest BCUT2D eigenvalue weighted by molar-refractivity contribution is 7.09. The summed E-state index contributed by atoms with van der Waals surface area (Å²) in [6, 6.07) is 10.1. The zero-order chi connectivity index (χ0) is 24.4. The van der Waals surface area contributed by atoms with Crippen molar-refractivity contribution in [2.45, 2.75) is 39.3 Å². The third-order valence-corrected chi connectivity index (χ3v) is 7.09. The highest BCUT2D eigenvalue weighted by Crippen LogP contribution is 2.39. The number of rotatable bonds is 7. The number of carbonyl (C=O) groups excluding carboxylic acids is 2. The number of anilines is 2. The molecule has 1 aromatic heterocycles. The molecule has 1 aliphatic heterocycles. The fourth-order valence-corrected chi connectivity index (χ4v) is 4.73. The summed E-state index contributed by atoms with van der Waals surface area (Å²) in [4.78, 5) is 32.5. The average molecular weight is 500 g/mol. The summed E-state index contributed by atoms with van der Waals surface area (Å²) in [5.41, 5.74) is 3.56. The minimum atomic E-state index is -0.779. The number of thiazole rings is 1. The second-order valence-corrected chi connectivity index (χ2v) is 9.45. The second-order valence-electron chi connectivity index (χ2n) is 8.10. The number of fused-ring (bicyclic) bond motifs is 1. The molecule has 34 heavy (non-hydrogen) atoms. The van der Waals surface area contributed by atoms with E-state index in [1.807, 2.05) is 30.5 Å². The summed E-state index contributed by atoms with van der Waals surface area (Å²) in [6.07, 6.45) is 0.0266. The molecule has 2 unspecified atom stereocenters. The molecule has 4 rings (SSSR count). The van der Waals surface area contributed by atoms with E-state index in [4.69, 9.17) is 21.1 Å². The number of ether oxygens (including phenoxy) is 2. The maximum atomic E-state index is 13.2. The lowest BCUT2D eigenvalue weighted by atomic mass is 10.1. The van der Waals surface area contributed by atoms with E-state index < -0.39 is 12.1 Å². The van der Waals surface area contributed by atoms with Crippen molar-refractivity contribution in [3.05, 3.63) is 57.4 Å². The summed E-state index contributed by atoms with van der Waals surface area (Å²) in [5, 5.41) is 6.41. The third-order valence-electron chi connectivity index (χ3n) is 5.77. The van der Waals surface area contributed by atoms with Gasteiger partial charge in [0.2, 0.25) is 5.91 Å². The first-order chi connectivity index (χ1) is 16.3. The van der Waals surface area contributed by atoms with Crippen molar-refractivity contribution in [1.82, 2.24) is 4.98 Å². The first-order valence-corrected chi connectivity index (χ1v) is 12.2. The van der Waals surface area contributed by atoms with Crippen molar-refractivity contribution in [1.29, 1.82) is 0 Å². The number of carbonyl (C=O) groups is 2. The highest BCUT2D eigenvalue weighted by Gasteiger charge is 2.37. The second kappa shape index (κ2) is 10.1. The molecule has 2 aromatic carbocycles. The van der Waals surface area contributed by atoms with Crippen LogP contribution < -0.4 is 15.0 Å². The molecule has 0 spiro atoms. The SMILES string of the molecule is COCCc1nc(-c2ccc3c(c2)N(C(C)C(=O)Nc2cccc(Cl)c2C)C(=O)C(C)O3)cs1. The van der Waals surface area contributed by atoms with Crippen LogP contribution in [-0.2, 0) is 20.7 Å². The molecule has 0 radical (unpaired) electrons. The van der Waals surface area contributed by atoms with Gasteiger partial charge in [0.25, 0.3) is 5.91 Å². The zero-order valence-corrected chi connectivity index (χ0v) is 21.0. The summed E-state index contributed by atoms with van der Waals surface area (Å²) >= 11 is 7.76. The molecule has 3 aromatic rings. The highest BCUT2D eigenvalue weighted by atomic mass is 35.5. The Morgan fingerprint density at radius 3 is 2.91 bits per heavy atom. The molecule has 0 aliphatic carbocycles. The maximum Gasteiger partial charge on any atom is 0.268 e. The Labute approximate surface area is 207 Å². The van der Waals surface area contributed by atoms with E-state index in [9.17, 15) is 9.59 Å². The molecular formula is C25H26ClN3O4S. The van der Waals surface area contributed by atoms with E-state index >= 15 is 0 Å². The molecule has 9 heteroatoms. The Hall–Kier alpha value is -2.94. The van der Waals surface area contributed by atoms with Crippen LogP contribution in [0.15, 0.2) is 41.8 Å². The number of hydrogen-bond acceptors (Lipinski definition) is 6. The normalized spacial score (nSPS) is 16.1. The Balaban J connectivity index is 1.64. The van der Waals surface area contributed by atoms with Crippen LogP contribution in [0.1, 0.15) is 24.4 Å². The minimum Gasteiger partial charge on any atom is -0.479 e. The van der Waals surface area contributed by atoms with E-state index in [1.54, 1.807) is 50.5 Å². The Morgan fingerprint density at radius 2 is 2.15 bits per heavy atom. The van der Waals surface area contributed by atoms with Gasteiger partial charge in [0.15, 0.2) is 6.10 Å². The molecule has 0 fully saturated rings. The van der Waals surface area contributed by atoms with Gasteiger partial charge in [-0.25, -0.2) is 4.98 Å². The molecule has 0 saturated carbocycles. The van der Waals surface area contributed by atoms with Crippen LogP contribution in [0.5, 0.6) is 5.75 Å². The molecule has 0 bridgehead atoms. The Bertz CT molecular complexity index is 1230. The predicted molar refractivity (Wildman–Crippen MR) is 135 cm³/mol. The molecule has 2 amide bonds. The Kier molecular flexibility index (Phi) is 7.21. The van der Waals surface area contributed by atoms with Gasteiger partial charge in [-0.3, -0.25) is 14.5 Å². The molecule has 0 saturated heterocycles.